The van der Waals surface area contributed by atoms with Crippen LogP contribution in [0.15, 0.2) is 33.4 Å². The Morgan fingerprint density at radius 1 is 1.71 bits per heavy atom. The molecule has 76 valence electrons. The zero-order valence-electron chi connectivity index (χ0n) is 8.90. The van der Waals surface area contributed by atoms with Crippen LogP contribution in [0.25, 0.3) is 0 Å². The Bertz CT molecular complexity index is 287. The fourth-order valence-corrected chi connectivity index (χ4v) is 1.36. The molecule has 0 spiro atoms. The molecule has 0 fully saturated rings. The molecule has 3 heteroatoms. The zero-order valence-corrected chi connectivity index (χ0v) is 8.90. The van der Waals surface area contributed by atoms with Crippen molar-refractivity contribution in [2.45, 2.75) is 6.92 Å². The third-order valence-corrected chi connectivity index (χ3v) is 2.05. The molecule has 0 aliphatic carbocycles. The van der Waals surface area contributed by atoms with E-state index in [9.17, 15) is 0 Å². The van der Waals surface area contributed by atoms with Crippen molar-refractivity contribution < 1.29 is 0 Å². The van der Waals surface area contributed by atoms with Gasteiger partial charge in [-0.1, -0.05) is 6.08 Å². The van der Waals surface area contributed by atoms with Crippen molar-refractivity contribution in [1.29, 1.82) is 0 Å². The van der Waals surface area contributed by atoms with Gasteiger partial charge in [-0.3, -0.25) is 14.9 Å². The molecule has 0 bridgehead atoms. The molecule has 3 nitrogen and oxygen atoms in total. The van der Waals surface area contributed by atoms with Gasteiger partial charge in [0.25, 0.3) is 0 Å². The molecule has 0 aromatic carbocycles. The number of nitrogens with zero attached hydrogens (tertiary/aromatic N) is 3. The van der Waals surface area contributed by atoms with E-state index in [2.05, 4.69) is 34.7 Å². The van der Waals surface area contributed by atoms with Crippen LogP contribution in [0, 0.1) is 0 Å². The molecule has 1 aliphatic heterocycles. The maximum atomic E-state index is 4.33. The topological polar surface area (TPSA) is 28.0 Å². The smallest absolute Gasteiger partial charge is 0.0612 e. The largest absolute Gasteiger partial charge is 0.299 e. The molecule has 0 N–H and O–H groups in total. The molecule has 0 atom stereocenters. The summed E-state index contributed by atoms with van der Waals surface area (Å²) in [6.45, 7) is 8.24. The molecule has 14 heavy (non-hydrogen) atoms. The van der Waals surface area contributed by atoms with E-state index in [0.717, 1.165) is 25.2 Å². The Hall–Kier alpha value is -1.22. The highest BCUT2D eigenvalue weighted by atomic mass is 15.1. The van der Waals surface area contributed by atoms with E-state index in [1.807, 2.05) is 13.1 Å². The summed E-state index contributed by atoms with van der Waals surface area (Å²) in [5.41, 5.74) is 2.43. The highest BCUT2D eigenvalue weighted by Crippen LogP contribution is 2.06. The quantitative estimate of drug-likeness (QED) is 0.489. The van der Waals surface area contributed by atoms with Gasteiger partial charge in [0.1, 0.15) is 0 Å². The van der Waals surface area contributed by atoms with Crippen molar-refractivity contribution in [3.8, 4) is 0 Å². The molecule has 0 saturated carbocycles. The van der Waals surface area contributed by atoms with Gasteiger partial charge in [0.2, 0.25) is 0 Å². The van der Waals surface area contributed by atoms with Crippen molar-refractivity contribution in [2.75, 3.05) is 26.7 Å². The van der Waals surface area contributed by atoms with E-state index in [1.54, 1.807) is 6.20 Å². The third kappa shape index (κ3) is 3.66. The molecule has 0 unspecified atom stereocenters. The highest BCUT2D eigenvalue weighted by molar-refractivity contribution is 5.77. The number of hydrogen-bond acceptors (Lipinski definition) is 3. The van der Waals surface area contributed by atoms with Crippen LogP contribution >= 0.6 is 0 Å². The van der Waals surface area contributed by atoms with Gasteiger partial charge in [0.05, 0.1) is 6.54 Å². The van der Waals surface area contributed by atoms with Crippen molar-refractivity contribution in [3.05, 3.63) is 23.4 Å². The van der Waals surface area contributed by atoms with E-state index < -0.39 is 0 Å². The molecule has 1 rings (SSSR count). The van der Waals surface area contributed by atoms with Crippen LogP contribution in [0.4, 0.5) is 0 Å². The van der Waals surface area contributed by atoms with Gasteiger partial charge < -0.3 is 0 Å². The van der Waals surface area contributed by atoms with Gasteiger partial charge in [-0.25, -0.2) is 0 Å². The van der Waals surface area contributed by atoms with Crippen molar-refractivity contribution in [2.24, 2.45) is 9.98 Å². The Labute approximate surface area is 85.6 Å². The Balaban J connectivity index is 2.33. The van der Waals surface area contributed by atoms with Crippen LogP contribution in [0.2, 0.25) is 0 Å². The lowest BCUT2D eigenvalue weighted by Gasteiger charge is -2.05. The minimum atomic E-state index is 0.798. The van der Waals surface area contributed by atoms with E-state index in [4.69, 9.17) is 0 Å². The van der Waals surface area contributed by atoms with Crippen LogP contribution in [0.1, 0.15) is 6.92 Å². The number of likely N-dealkylation sites (N-methyl/N-ethyl adjacent to an activating group) is 1. The molecular formula is C11H17N3. The molecular weight excluding hydrogens is 174 g/mol. The minimum absolute atomic E-state index is 0.798. The molecule has 0 amide bonds. The lowest BCUT2D eigenvalue weighted by molar-refractivity contribution is 0.428. The summed E-state index contributed by atoms with van der Waals surface area (Å²) in [7, 11) is 2.11. The zero-order chi connectivity index (χ0) is 10.4. The van der Waals surface area contributed by atoms with Crippen molar-refractivity contribution in [3.63, 3.8) is 0 Å². The summed E-state index contributed by atoms with van der Waals surface area (Å²) >= 11 is 0. The molecule has 0 aromatic heterocycles. The van der Waals surface area contributed by atoms with E-state index in [-0.39, 0.29) is 0 Å². The standard InChI is InChI=1S/C11H17N3/c1-10(6-12-2)7-13-8-11-4-5-14(3)9-11/h4,6-7H,2,5,8-9H2,1,3H3/b10-6-,13-7-. The minimum Gasteiger partial charge on any atom is -0.299 e. The summed E-state index contributed by atoms with van der Waals surface area (Å²) in [4.78, 5) is 10.3. The van der Waals surface area contributed by atoms with Crippen molar-refractivity contribution >= 4 is 12.9 Å². The molecule has 1 aliphatic rings. The van der Waals surface area contributed by atoms with Gasteiger partial charge in [-0.2, -0.15) is 0 Å². The lowest BCUT2D eigenvalue weighted by Crippen LogP contribution is -2.14. The van der Waals surface area contributed by atoms with Crippen LogP contribution in [-0.4, -0.2) is 44.5 Å². The molecule has 0 aromatic rings. The first-order valence-electron chi connectivity index (χ1n) is 4.71. The Kier molecular flexibility index (Phi) is 4.26. The summed E-state index contributed by atoms with van der Waals surface area (Å²) < 4.78 is 0. The first-order valence-corrected chi connectivity index (χ1v) is 4.71. The second kappa shape index (κ2) is 5.50. The van der Waals surface area contributed by atoms with Gasteiger partial charge in [0, 0.05) is 25.5 Å². The predicted molar refractivity (Wildman–Crippen MR) is 62.2 cm³/mol. The SMILES string of the molecule is C=N/C=C(C)\C=N/CC1=CCN(C)C1. The first-order chi connectivity index (χ1) is 6.72. The normalized spacial score (nSPS) is 19.0. The first kappa shape index (κ1) is 10.9. The summed E-state index contributed by atoms with van der Waals surface area (Å²) in [6.07, 6.45) is 5.79. The third-order valence-electron chi connectivity index (χ3n) is 2.05. The number of hydrogen-bond donors (Lipinski definition) is 0. The number of rotatable bonds is 4. The van der Waals surface area contributed by atoms with Crippen LogP contribution < -0.4 is 0 Å². The Morgan fingerprint density at radius 3 is 3.07 bits per heavy atom. The maximum absolute atomic E-state index is 4.33. The van der Waals surface area contributed by atoms with E-state index in [1.165, 1.54) is 5.57 Å². The van der Waals surface area contributed by atoms with Crippen LogP contribution in [-0.2, 0) is 0 Å². The predicted octanol–water partition coefficient (Wildman–Crippen LogP) is 1.53. The summed E-state index contributed by atoms with van der Waals surface area (Å²) in [5.74, 6) is 0. The van der Waals surface area contributed by atoms with Gasteiger partial charge in [-0.05, 0) is 31.8 Å². The highest BCUT2D eigenvalue weighted by Gasteiger charge is 2.07. The average Bonchev–Trinajstić information content (AvgIpc) is 2.52. The molecule has 0 radical (unpaired) electrons. The average molecular weight is 191 g/mol. The van der Waals surface area contributed by atoms with Gasteiger partial charge in [0.15, 0.2) is 0 Å². The Morgan fingerprint density at radius 2 is 2.50 bits per heavy atom. The van der Waals surface area contributed by atoms with E-state index >= 15 is 0 Å². The summed E-state index contributed by atoms with van der Waals surface area (Å²) in [5, 5.41) is 0. The lowest BCUT2D eigenvalue weighted by atomic mass is 10.3. The van der Waals surface area contributed by atoms with Crippen LogP contribution in [0.3, 0.4) is 0 Å². The number of allylic oxidation sites excluding steroid dienone is 1. The number of aliphatic imine (C=N–C) groups is 2. The summed E-state index contributed by atoms with van der Waals surface area (Å²) in [6, 6.07) is 0. The van der Waals surface area contributed by atoms with Crippen molar-refractivity contribution in [1.82, 2.24) is 4.90 Å². The fraction of sp³-hybridized carbons (Fsp3) is 0.455. The maximum Gasteiger partial charge on any atom is 0.0612 e. The molecule has 0 saturated heterocycles. The second-order valence-corrected chi connectivity index (χ2v) is 3.58. The monoisotopic (exact) mass is 191 g/mol. The molecule has 1 heterocycles. The van der Waals surface area contributed by atoms with Gasteiger partial charge >= 0.3 is 0 Å². The fourth-order valence-electron chi connectivity index (χ4n) is 1.36. The second-order valence-electron chi connectivity index (χ2n) is 3.58. The van der Waals surface area contributed by atoms with Gasteiger partial charge in [-0.15, -0.1) is 0 Å². The van der Waals surface area contributed by atoms with E-state index in [0.29, 0.717) is 0 Å². The van der Waals surface area contributed by atoms with Crippen LogP contribution in [0.5, 0.6) is 0 Å².